The summed E-state index contributed by atoms with van der Waals surface area (Å²) in [6.45, 7) is 11.7. The molecule has 0 amide bonds. The molecule has 20 heavy (non-hydrogen) atoms. The van der Waals surface area contributed by atoms with Crippen LogP contribution < -0.4 is 11.1 Å². The smallest absolute Gasteiger partial charge is 0.193 e. The predicted molar refractivity (Wildman–Crippen MR) is 99.9 cm³/mol. The van der Waals surface area contributed by atoms with Crippen molar-refractivity contribution in [3.05, 3.63) is 29.8 Å². The maximum Gasteiger partial charge on any atom is 0.193 e. The molecular formula is C16H28IN3. The van der Waals surface area contributed by atoms with Gasteiger partial charge in [-0.2, -0.15) is 0 Å². The molecule has 3 N–H and O–H groups in total. The van der Waals surface area contributed by atoms with E-state index in [9.17, 15) is 0 Å². The molecule has 0 aromatic heterocycles. The van der Waals surface area contributed by atoms with Gasteiger partial charge in [0, 0.05) is 12.2 Å². The lowest BCUT2D eigenvalue weighted by atomic mass is 9.84. The van der Waals surface area contributed by atoms with Crippen molar-refractivity contribution in [1.29, 1.82) is 0 Å². The molecule has 0 aliphatic carbocycles. The fourth-order valence-corrected chi connectivity index (χ4v) is 2.29. The van der Waals surface area contributed by atoms with Crippen LogP contribution in [0.3, 0.4) is 0 Å². The van der Waals surface area contributed by atoms with Crippen LogP contribution >= 0.6 is 24.0 Å². The second kappa shape index (κ2) is 8.49. The van der Waals surface area contributed by atoms with E-state index in [2.05, 4.69) is 57.1 Å². The minimum atomic E-state index is 0. The number of rotatable bonds is 5. The summed E-state index contributed by atoms with van der Waals surface area (Å²) >= 11 is 0. The summed E-state index contributed by atoms with van der Waals surface area (Å²) in [7, 11) is 0. The van der Waals surface area contributed by atoms with Gasteiger partial charge in [-0.05, 0) is 36.8 Å². The number of hydrogen-bond acceptors (Lipinski definition) is 1. The normalized spacial score (nSPS) is 12.2. The molecule has 0 unspecified atom stereocenters. The van der Waals surface area contributed by atoms with Crippen LogP contribution in [0.15, 0.2) is 29.3 Å². The Kier molecular flexibility index (Phi) is 8.16. The summed E-state index contributed by atoms with van der Waals surface area (Å²) in [5, 5.41) is 3.12. The van der Waals surface area contributed by atoms with Gasteiger partial charge in [0.1, 0.15) is 0 Å². The first-order chi connectivity index (χ1) is 8.78. The number of aryl methyl sites for hydroxylation is 1. The molecule has 4 heteroatoms. The summed E-state index contributed by atoms with van der Waals surface area (Å²) in [4.78, 5) is 4.45. The van der Waals surface area contributed by atoms with Crippen molar-refractivity contribution >= 4 is 35.6 Å². The average molecular weight is 389 g/mol. The third-order valence-electron chi connectivity index (χ3n) is 2.96. The van der Waals surface area contributed by atoms with E-state index in [1.165, 1.54) is 5.56 Å². The molecule has 0 saturated carbocycles. The van der Waals surface area contributed by atoms with E-state index in [4.69, 9.17) is 5.73 Å². The Morgan fingerprint density at radius 1 is 1.25 bits per heavy atom. The largest absolute Gasteiger partial charge is 0.370 e. The molecule has 0 saturated heterocycles. The first-order valence-corrected chi connectivity index (χ1v) is 6.92. The van der Waals surface area contributed by atoms with Crippen LogP contribution in [0.4, 0.5) is 5.69 Å². The van der Waals surface area contributed by atoms with Gasteiger partial charge in [-0.25, -0.2) is 0 Å². The van der Waals surface area contributed by atoms with Crippen LogP contribution in [0, 0.1) is 18.3 Å². The lowest BCUT2D eigenvalue weighted by Crippen LogP contribution is -2.26. The van der Waals surface area contributed by atoms with Gasteiger partial charge in [-0.3, -0.25) is 4.99 Å². The Morgan fingerprint density at radius 3 is 2.30 bits per heavy atom. The van der Waals surface area contributed by atoms with E-state index in [-0.39, 0.29) is 29.4 Å². The monoisotopic (exact) mass is 389 g/mol. The van der Waals surface area contributed by atoms with Gasteiger partial charge < -0.3 is 11.1 Å². The molecule has 1 rings (SSSR count). The van der Waals surface area contributed by atoms with Crippen molar-refractivity contribution in [2.45, 2.75) is 41.0 Å². The van der Waals surface area contributed by atoms with Gasteiger partial charge >= 0.3 is 0 Å². The topological polar surface area (TPSA) is 50.4 Å². The number of nitrogens with one attached hydrogen (secondary N) is 1. The molecule has 0 spiro atoms. The zero-order valence-corrected chi connectivity index (χ0v) is 15.6. The minimum Gasteiger partial charge on any atom is -0.370 e. The third kappa shape index (κ3) is 7.72. The van der Waals surface area contributed by atoms with Crippen molar-refractivity contribution in [2.24, 2.45) is 22.1 Å². The molecule has 0 atom stereocenters. The highest BCUT2D eigenvalue weighted by molar-refractivity contribution is 14.0. The second-order valence-corrected chi connectivity index (χ2v) is 6.45. The quantitative estimate of drug-likeness (QED) is 0.445. The first kappa shape index (κ1) is 19.2. The zero-order valence-electron chi connectivity index (χ0n) is 13.2. The summed E-state index contributed by atoms with van der Waals surface area (Å²) in [5.74, 6) is 1.16. The minimum absolute atomic E-state index is 0. The Balaban J connectivity index is 0.00000361. The lowest BCUT2D eigenvalue weighted by molar-refractivity contribution is 0.298. The summed E-state index contributed by atoms with van der Waals surface area (Å²) < 4.78 is 0. The highest BCUT2D eigenvalue weighted by Gasteiger charge is 2.18. The molecule has 3 nitrogen and oxygen atoms in total. The molecule has 0 aliphatic heterocycles. The van der Waals surface area contributed by atoms with Gasteiger partial charge in [0.25, 0.3) is 0 Å². The van der Waals surface area contributed by atoms with E-state index in [0.29, 0.717) is 11.9 Å². The van der Waals surface area contributed by atoms with E-state index in [0.717, 1.165) is 18.7 Å². The van der Waals surface area contributed by atoms with Crippen molar-refractivity contribution < 1.29 is 0 Å². The van der Waals surface area contributed by atoms with Crippen molar-refractivity contribution in [3.8, 4) is 0 Å². The predicted octanol–water partition coefficient (Wildman–Crippen LogP) is 4.41. The number of nitrogens with two attached hydrogens (primary N) is 1. The molecular weight excluding hydrogens is 361 g/mol. The average Bonchev–Trinajstić information content (AvgIpc) is 2.28. The SMILES string of the molecule is Cc1ccc(NC(N)=NCC(C)(C)CC(C)C)cc1.I. The van der Waals surface area contributed by atoms with Gasteiger partial charge in [0.2, 0.25) is 0 Å². The molecule has 0 bridgehead atoms. The Labute approximate surface area is 140 Å². The van der Waals surface area contributed by atoms with Crippen LogP contribution in [0.1, 0.15) is 39.7 Å². The zero-order chi connectivity index (χ0) is 14.5. The van der Waals surface area contributed by atoms with E-state index in [1.54, 1.807) is 0 Å². The number of hydrogen-bond donors (Lipinski definition) is 2. The van der Waals surface area contributed by atoms with Gasteiger partial charge in [-0.1, -0.05) is 45.4 Å². The van der Waals surface area contributed by atoms with Crippen LogP contribution in [-0.2, 0) is 0 Å². The molecule has 1 aromatic rings. The second-order valence-electron chi connectivity index (χ2n) is 6.45. The Morgan fingerprint density at radius 2 is 1.80 bits per heavy atom. The van der Waals surface area contributed by atoms with Crippen molar-refractivity contribution in [2.75, 3.05) is 11.9 Å². The number of aliphatic imine (C=N–C) groups is 1. The first-order valence-electron chi connectivity index (χ1n) is 6.92. The molecule has 1 aromatic carbocycles. The molecule has 114 valence electrons. The third-order valence-corrected chi connectivity index (χ3v) is 2.96. The molecule has 0 heterocycles. The van der Waals surface area contributed by atoms with Gasteiger partial charge in [0.05, 0.1) is 0 Å². The fraction of sp³-hybridized carbons (Fsp3) is 0.562. The summed E-state index contributed by atoms with van der Waals surface area (Å²) in [6.07, 6.45) is 1.15. The highest BCUT2D eigenvalue weighted by atomic mass is 127. The lowest BCUT2D eigenvalue weighted by Gasteiger charge is -2.24. The maximum absolute atomic E-state index is 5.92. The Bertz CT molecular complexity index is 422. The number of anilines is 1. The molecule has 0 aliphatic rings. The molecule has 0 fully saturated rings. The molecule has 0 radical (unpaired) electrons. The number of guanidine groups is 1. The summed E-state index contributed by atoms with van der Waals surface area (Å²) in [5.41, 5.74) is 8.32. The van der Waals surface area contributed by atoms with Gasteiger partial charge in [-0.15, -0.1) is 24.0 Å². The van der Waals surface area contributed by atoms with Crippen LogP contribution in [0.5, 0.6) is 0 Å². The van der Waals surface area contributed by atoms with Crippen LogP contribution in [0.25, 0.3) is 0 Å². The highest BCUT2D eigenvalue weighted by Crippen LogP contribution is 2.25. The number of nitrogens with zero attached hydrogens (tertiary/aromatic N) is 1. The fourth-order valence-electron chi connectivity index (χ4n) is 2.29. The van der Waals surface area contributed by atoms with E-state index >= 15 is 0 Å². The summed E-state index contributed by atoms with van der Waals surface area (Å²) in [6, 6.07) is 8.13. The van der Waals surface area contributed by atoms with E-state index in [1.807, 2.05) is 12.1 Å². The van der Waals surface area contributed by atoms with Crippen molar-refractivity contribution in [1.82, 2.24) is 0 Å². The Hall–Kier alpha value is -0.780. The number of benzene rings is 1. The van der Waals surface area contributed by atoms with Crippen molar-refractivity contribution in [3.63, 3.8) is 0 Å². The number of halogens is 1. The standard InChI is InChI=1S/C16H27N3.HI/c1-12(2)10-16(4,5)11-18-15(17)19-14-8-6-13(3)7-9-14;/h6-9,12H,10-11H2,1-5H3,(H3,17,18,19);1H. The van der Waals surface area contributed by atoms with Crippen LogP contribution in [-0.4, -0.2) is 12.5 Å². The van der Waals surface area contributed by atoms with E-state index < -0.39 is 0 Å². The van der Waals surface area contributed by atoms with Gasteiger partial charge in [0.15, 0.2) is 5.96 Å². The maximum atomic E-state index is 5.92. The van der Waals surface area contributed by atoms with Crippen LogP contribution in [0.2, 0.25) is 0 Å².